The number of hydrogen-bond donors (Lipinski definition) is 1. The molecule has 0 saturated carbocycles. The van der Waals surface area contributed by atoms with Gasteiger partial charge in [0.05, 0.1) is 11.4 Å². The molecule has 4 nitrogen and oxygen atoms in total. The Morgan fingerprint density at radius 1 is 0.750 bits per heavy atom. The second kappa shape index (κ2) is 7.33. The molecule has 0 radical (unpaired) electrons. The third kappa shape index (κ3) is 3.93. The molecule has 4 heteroatoms. The fourth-order valence-electron chi connectivity index (χ4n) is 2.12. The molecule has 3 aromatic rings. The van der Waals surface area contributed by atoms with Crippen molar-refractivity contribution in [2.75, 3.05) is 0 Å². The number of azo groups is 1. The Bertz CT molecular complexity index is 883. The van der Waals surface area contributed by atoms with Crippen LogP contribution in [0.15, 0.2) is 88.0 Å². The Balaban J connectivity index is 1.85. The first-order valence-corrected chi connectivity index (χ1v) is 7.62. The molecule has 0 aliphatic rings. The molecule has 0 aromatic heterocycles. The van der Waals surface area contributed by atoms with Crippen molar-refractivity contribution in [1.29, 1.82) is 0 Å². The van der Waals surface area contributed by atoms with E-state index in [0.717, 1.165) is 5.69 Å². The summed E-state index contributed by atoms with van der Waals surface area (Å²) in [4.78, 5) is 4.42. The molecule has 3 aromatic carbocycles. The SMILES string of the molecule is Cc1ccc(N=Nc2ccccc2N=Cc2ccccc2O)cc1. The van der Waals surface area contributed by atoms with E-state index in [4.69, 9.17) is 0 Å². The number of phenols is 1. The van der Waals surface area contributed by atoms with Gasteiger partial charge >= 0.3 is 0 Å². The summed E-state index contributed by atoms with van der Waals surface area (Å²) in [6, 6.07) is 22.4. The van der Waals surface area contributed by atoms with Crippen LogP contribution in [0.25, 0.3) is 0 Å². The maximum atomic E-state index is 9.80. The maximum absolute atomic E-state index is 9.80. The van der Waals surface area contributed by atoms with Crippen molar-refractivity contribution in [3.63, 3.8) is 0 Å². The Hall–Kier alpha value is -3.27. The summed E-state index contributed by atoms with van der Waals surface area (Å²) in [5, 5.41) is 18.3. The van der Waals surface area contributed by atoms with E-state index in [1.807, 2.05) is 61.5 Å². The Labute approximate surface area is 140 Å². The molecule has 0 bridgehead atoms. The lowest BCUT2D eigenvalue weighted by Crippen LogP contribution is -1.80. The predicted molar refractivity (Wildman–Crippen MR) is 97.2 cm³/mol. The first-order chi connectivity index (χ1) is 11.7. The summed E-state index contributed by atoms with van der Waals surface area (Å²) in [5.74, 6) is 0.194. The highest BCUT2D eigenvalue weighted by Gasteiger charge is 2.00. The van der Waals surface area contributed by atoms with Crippen molar-refractivity contribution in [3.8, 4) is 5.75 Å². The average Bonchev–Trinajstić information content (AvgIpc) is 2.61. The van der Waals surface area contributed by atoms with Gasteiger partial charge in [-0.15, -0.1) is 5.11 Å². The summed E-state index contributed by atoms with van der Waals surface area (Å²) in [6.45, 7) is 2.03. The summed E-state index contributed by atoms with van der Waals surface area (Å²) < 4.78 is 0. The van der Waals surface area contributed by atoms with Crippen molar-refractivity contribution in [2.24, 2.45) is 15.2 Å². The van der Waals surface area contributed by atoms with Crippen LogP contribution in [-0.4, -0.2) is 11.3 Å². The summed E-state index contributed by atoms with van der Waals surface area (Å²) in [5.41, 5.74) is 3.99. The van der Waals surface area contributed by atoms with Crippen molar-refractivity contribution in [3.05, 3.63) is 83.9 Å². The molecule has 0 atom stereocenters. The number of aliphatic imine (C=N–C) groups is 1. The molecule has 0 aliphatic carbocycles. The predicted octanol–water partition coefficient (Wildman–Crippen LogP) is 5.87. The molecule has 0 unspecified atom stereocenters. The topological polar surface area (TPSA) is 57.3 Å². The van der Waals surface area contributed by atoms with Crippen molar-refractivity contribution < 1.29 is 5.11 Å². The first kappa shape index (κ1) is 15.6. The molecular formula is C20H17N3O. The zero-order valence-corrected chi connectivity index (χ0v) is 13.3. The van der Waals surface area contributed by atoms with E-state index < -0.39 is 0 Å². The van der Waals surface area contributed by atoms with Crippen LogP contribution in [-0.2, 0) is 0 Å². The Morgan fingerprint density at radius 3 is 2.17 bits per heavy atom. The van der Waals surface area contributed by atoms with Crippen molar-refractivity contribution >= 4 is 23.3 Å². The van der Waals surface area contributed by atoms with E-state index >= 15 is 0 Å². The van der Waals surface area contributed by atoms with Gasteiger partial charge in [0, 0.05) is 11.8 Å². The lowest BCUT2D eigenvalue weighted by molar-refractivity contribution is 0.474. The van der Waals surface area contributed by atoms with Gasteiger partial charge in [-0.05, 0) is 43.3 Å². The van der Waals surface area contributed by atoms with Gasteiger partial charge in [0.15, 0.2) is 0 Å². The molecule has 0 aliphatic heterocycles. The quantitative estimate of drug-likeness (QED) is 0.475. The van der Waals surface area contributed by atoms with E-state index in [2.05, 4.69) is 15.2 Å². The highest BCUT2D eigenvalue weighted by Crippen LogP contribution is 2.29. The molecule has 0 spiro atoms. The average molecular weight is 315 g/mol. The van der Waals surface area contributed by atoms with Crippen molar-refractivity contribution in [1.82, 2.24) is 0 Å². The van der Waals surface area contributed by atoms with Crippen LogP contribution >= 0.6 is 0 Å². The molecule has 24 heavy (non-hydrogen) atoms. The minimum Gasteiger partial charge on any atom is -0.507 e. The number of para-hydroxylation sites is 2. The van der Waals surface area contributed by atoms with E-state index in [1.54, 1.807) is 24.4 Å². The fraction of sp³-hybridized carbons (Fsp3) is 0.0500. The molecule has 1 N–H and O–H groups in total. The lowest BCUT2D eigenvalue weighted by Gasteiger charge is -2.00. The van der Waals surface area contributed by atoms with Gasteiger partial charge in [0.2, 0.25) is 0 Å². The van der Waals surface area contributed by atoms with E-state index in [9.17, 15) is 5.11 Å². The van der Waals surface area contributed by atoms with Gasteiger partial charge in [-0.2, -0.15) is 5.11 Å². The molecule has 0 saturated heterocycles. The molecule has 0 amide bonds. The van der Waals surface area contributed by atoms with Gasteiger partial charge < -0.3 is 5.11 Å². The maximum Gasteiger partial charge on any atom is 0.124 e. The number of hydrogen-bond acceptors (Lipinski definition) is 4. The van der Waals surface area contributed by atoms with Gasteiger partial charge in [-0.25, -0.2) is 0 Å². The van der Waals surface area contributed by atoms with E-state index in [-0.39, 0.29) is 5.75 Å². The molecule has 118 valence electrons. The number of rotatable bonds is 4. The monoisotopic (exact) mass is 315 g/mol. The van der Waals surface area contributed by atoms with Gasteiger partial charge in [-0.3, -0.25) is 4.99 Å². The minimum atomic E-state index is 0.194. The smallest absolute Gasteiger partial charge is 0.124 e. The number of aromatic hydroxyl groups is 1. The number of phenolic OH excluding ortho intramolecular Hbond substituents is 1. The van der Waals surface area contributed by atoms with Crippen molar-refractivity contribution in [2.45, 2.75) is 6.92 Å². The zero-order valence-electron chi connectivity index (χ0n) is 13.3. The second-order valence-corrected chi connectivity index (χ2v) is 5.34. The first-order valence-electron chi connectivity index (χ1n) is 7.62. The van der Waals surface area contributed by atoms with Crippen LogP contribution < -0.4 is 0 Å². The van der Waals surface area contributed by atoms with Gasteiger partial charge in [-0.1, -0.05) is 42.0 Å². The van der Waals surface area contributed by atoms with Crippen LogP contribution in [0.5, 0.6) is 5.75 Å². The summed E-state index contributed by atoms with van der Waals surface area (Å²) in [6.07, 6.45) is 1.62. The van der Waals surface area contributed by atoms with Crippen LogP contribution in [0.2, 0.25) is 0 Å². The van der Waals surface area contributed by atoms with Crippen LogP contribution in [0, 0.1) is 6.92 Å². The minimum absolute atomic E-state index is 0.194. The number of nitrogens with zero attached hydrogens (tertiary/aromatic N) is 3. The molecule has 3 rings (SSSR count). The third-order valence-corrected chi connectivity index (χ3v) is 3.47. The third-order valence-electron chi connectivity index (χ3n) is 3.47. The van der Waals surface area contributed by atoms with Crippen LogP contribution in [0.1, 0.15) is 11.1 Å². The molecule has 0 fully saturated rings. The highest BCUT2D eigenvalue weighted by molar-refractivity contribution is 5.86. The second-order valence-electron chi connectivity index (χ2n) is 5.34. The number of aryl methyl sites for hydroxylation is 1. The molecule has 0 heterocycles. The van der Waals surface area contributed by atoms with Gasteiger partial charge in [0.1, 0.15) is 11.4 Å². The summed E-state index contributed by atoms with van der Waals surface area (Å²) >= 11 is 0. The van der Waals surface area contributed by atoms with Gasteiger partial charge in [0.25, 0.3) is 0 Å². The molecular weight excluding hydrogens is 298 g/mol. The van der Waals surface area contributed by atoms with E-state index in [1.165, 1.54) is 5.56 Å². The normalized spacial score (nSPS) is 11.4. The summed E-state index contributed by atoms with van der Waals surface area (Å²) in [7, 11) is 0. The number of benzene rings is 3. The highest BCUT2D eigenvalue weighted by atomic mass is 16.3. The van der Waals surface area contributed by atoms with Crippen LogP contribution in [0.3, 0.4) is 0 Å². The standard InChI is InChI=1S/C20H17N3O/c1-15-10-12-17(13-11-15)22-23-19-8-4-3-7-18(19)21-14-16-6-2-5-9-20(16)24/h2-14,24H,1H3. The van der Waals surface area contributed by atoms with Crippen LogP contribution in [0.4, 0.5) is 17.1 Å². The largest absolute Gasteiger partial charge is 0.507 e. The fourth-order valence-corrected chi connectivity index (χ4v) is 2.12. The Morgan fingerprint density at radius 2 is 1.42 bits per heavy atom. The van der Waals surface area contributed by atoms with E-state index in [0.29, 0.717) is 16.9 Å². The lowest BCUT2D eigenvalue weighted by atomic mass is 10.2. The Kier molecular flexibility index (Phi) is 4.77. The zero-order chi connectivity index (χ0) is 16.8.